The Kier molecular flexibility index (Phi) is 4.84. The molecule has 2 N–H and O–H groups in total. The highest BCUT2D eigenvalue weighted by molar-refractivity contribution is 5.81. The highest BCUT2D eigenvalue weighted by atomic mass is 16.4. The van der Waals surface area contributed by atoms with Crippen LogP contribution in [0.25, 0.3) is 0 Å². The quantitative estimate of drug-likeness (QED) is 0.808. The van der Waals surface area contributed by atoms with E-state index in [9.17, 15) is 15.2 Å². The van der Waals surface area contributed by atoms with E-state index in [1.807, 2.05) is 36.4 Å². The number of carboxylic acid groups (broad SMARTS) is 1. The fourth-order valence-electron chi connectivity index (χ4n) is 3.93. The van der Waals surface area contributed by atoms with Gasteiger partial charge in [-0.3, -0.25) is 0 Å². The zero-order valence-corrected chi connectivity index (χ0v) is 17.1. The standard InChI is InChI=1S/C23H27N3O2/c1-22(2)13-20(26(5)19-10-9-15(14-24)11-18(19)22)16-7-6-8-17(12-16)25-23(3,4)21(27)28/h6-12,20,25H,13H2,1-5H3,(H,27,28). The molecular formula is C23H27N3O2. The van der Waals surface area contributed by atoms with Crippen LogP contribution in [0.1, 0.15) is 56.8 Å². The molecule has 1 aliphatic heterocycles. The van der Waals surface area contributed by atoms with E-state index in [-0.39, 0.29) is 11.5 Å². The van der Waals surface area contributed by atoms with E-state index in [4.69, 9.17) is 0 Å². The summed E-state index contributed by atoms with van der Waals surface area (Å²) in [4.78, 5) is 13.7. The van der Waals surface area contributed by atoms with Crippen LogP contribution in [0.2, 0.25) is 0 Å². The smallest absolute Gasteiger partial charge is 0.328 e. The number of nitrogens with one attached hydrogen (secondary N) is 1. The SMILES string of the molecule is CN1c2ccc(C#N)cc2C(C)(C)CC1c1cccc(NC(C)(C)C(=O)O)c1. The molecule has 0 saturated carbocycles. The summed E-state index contributed by atoms with van der Waals surface area (Å²) < 4.78 is 0. The summed E-state index contributed by atoms with van der Waals surface area (Å²) in [6.07, 6.45) is 0.900. The predicted molar refractivity (Wildman–Crippen MR) is 112 cm³/mol. The number of rotatable bonds is 4. The van der Waals surface area contributed by atoms with E-state index >= 15 is 0 Å². The Bertz CT molecular complexity index is 957. The molecule has 5 nitrogen and oxygen atoms in total. The number of aliphatic carboxylic acids is 1. The highest BCUT2D eigenvalue weighted by Crippen LogP contribution is 2.47. The van der Waals surface area contributed by atoms with Gasteiger partial charge in [-0.05, 0) is 67.1 Å². The maximum absolute atomic E-state index is 11.4. The molecule has 3 rings (SSSR count). The molecule has 0 amide bonds. The minimum absolute atomic E-state index is 0.0802. The first-order valence-corrected chi connectivity index (χ1v) is 9.44. The van der Waals surface area contributed by atoms with E-state index in [0.717, 1.165) is 23.4 Å². The van der Waals surface area contributed by atoms with Gasteiger partial charge in [-0.1, -0.05) is 26.0 Å². The van der Waals surface area contributed by atoms with Crippen LogP contribution in [0.3, 0.4) is 0 Å². The van der Waals surface area contributed by atoms with Crippen LogP contribution in [-0.2, 0) is 10.2 Å². The molecule has 1 unspecified atom stereocenters. The van der Waals surface area contributed by atoms with Crippen molar-refractivity contribution >= 4 is 17.3 Å². The molecule has 5 heteroatoms. The third kappa shape index (κ3) is 3.55. The van der Waals surface area contributed by atoms with E-state index in [1.54, 1.807) is 13.8 Å². The lowest BCUT2D eigenvalue weighted by molar-refractivity contribution is -0.141. The van der Waals surface area contributed by atoms with Gasteiger partial charge in [0.2, 0.25) is 0 Å². The average Bonchev–Trinajstić information content (AvgIpc) is 2.64. The minimum atomic E-state index is -1.04. The van der Waals surface area contributed by atoms with Gasteiger partial charge in [0, 0.05) is 18.4 Å². The van der Waals surface area contributed by atoms with Crippen molar-refractivity contribution < 1.29 is 9.90 Å². The summed E-state index contributed by atoms with van der Waals surface area (Å²) in [6, 6.07) is 16.3. The number of hydrogen-bond acceptors (Lipinski definition) is 4. The maximum Gasteiger partial charge on any atom is 0.328 e. The fraction of sp³-hybridized carbons (Fsp3) is 0.391. The first kappa shape index (κ1) is 19.8. The molecule has 1 aliphatic rings. The minimum Gasteiger partial charge on any atom is -0.480 e. The lowest BCUT2D eigenvalue weighted by Gasteiger charge is -2.44. The van der Waals surface area contributed by atoms with Gasteiger partial charge >= 0.3 is 5.97 Å². The Hall–Kier alpha value is -3.00. The zero-order valence-electron chi connectivity index (χ0n) is 17.1. The summed E-state index contributed by atoms with van der Waals surface area (Å²) in [5.41, 5.74) is 3.80. The van der Waals surface area contributed by atoms with Gasteiger partial charge in [-0.15, -0.1) is 0 Å². The van der Waals surface area contributed by atoms with Crippen LogP contribution in [0.4, 0.5) is 11.4 Å². The number of benzene rings is 2. The van der Waals surface area contributed by atoms with E-state index < -0.39 is 11.5 Å². The van der Waals surface area contributed by atoms with Crippen molar-refractivity contribution in [2.45, 2.75) is 51.1 Å². The Morgan fingerprint density at radius 1 is 1.29 bits per heavy atom. The summed E-state index contributed by atoms with van der Waals surface area (Å²) in [5, 5.41) is 21.8. The van der Waals surface area contributed by atoms with E-state index in [0.29, 0.717) is 5.56 Å². The predicted octanol–water partition coefficient (Wildman–Crippen LogP) is 4.69. The van der Waals surface area contributed by atoms with Crippen LogP contribution in [-0.4, -0.2) is 23.7 Å². The Morgan fingerprint density at radius 3 is 2.64 bits per heavy atom. The highest BCUT2D eigenvalue weighted by Gasteiger charge is 2.37. The summed E-state index contributed by atoms with van der Waals surface area (Å²) in [6.45, 7) is 7.73. The Balaban J connectivity index is 1.98. The molecule has 0 fully saturated rings. The fourth-order valence-corrected chi connectivity index (χ4v) is 3.93. The molecule has 1 atom stereocenters. The van der Waals surface area contributed by atoms with Gasteiger partial charge < -0.3 is 15.3 Å². The van der Waals surface area contributed by atoms with Gasteiger partial charge in [0.05, 0.1) is 17.7 Å². The first-order valence-electron chi connectivity index (χ1n) is 9.44. The van der Waals surface area contributed by atoms with Crippen LogP contribution >= 0.6 is 0 Å². The van der Waals surface area contributed by atoms with Gasteiger partial charge in [-0.2, -0.15) is 5.26 Å². The van der Waals surface area contributed by atoms with Crippen molar-refractivity contribution in [1.82, 2.24) is 0 Å². The van der Waals surface area contributed by atoms with Crippen molar-refractivity contribution in [1.29, 1.82) is 5.26 Å². The molecule has 2 aromatic rings. The number of nitrogens with zero attached hydrogens (tertiary/aromatic N) is 2. The lowest BCUT2D eigenvalue weighted by atomic mass is 9.73. The van der Waals surface area contributed by atoms with E-state index in [1.165, 1.54) is 5.56 Å². The zero-order chi connectivity index (χ0) is 20.7. The third-order valence-electron chi connectivity index (χ3n) is 5.67. The number of fused-ring (bicyclic) bond motifs is 1. The number of anilines is 2. The van der Waals surface area contributed by atoms with E-state index in [2.05, 4.69) is 43.2 Å². The number of hydrogen-bond donors (Lipinski definition) is 2. The van der Waals surface area contributed by atoms with Crippen molar-refractivity contribution in [2.24, 2.45) is 0 Å². The second-order valence-corrected chi connectivity index (χ2v) is 8.74. The first-order chi connectivity index (χ1) is 13.0. The maximum atomic E-state index is 11.4. The van der Waals surface area contributed by atoms with Crippen LogP contribution in [0, 0.1) is 11.3 Å². The molecule has 146 valence electrons. The second kappa shape index (κ2) is 6.87. The van der Waals surface area contributed by atoms with Crippen molar-refractivity contribution in [2.75, 3.05) is 17.3 Å². The Labute approximate surface area is 166 Å². The van der Waals surface area contributed by atoms with Crippen molar-refractivity contribution in [3.63, 3.8) is 0 Å². The van der Waals surface area contributed by atoms with Crippen molar-refractivity contribution in [3.8, 4) is 6.07 Å². The van der Waals surface area contributed by atoms with Gasteiger partial charge in [-0.25, -0.2) is 4.79 Å². The third-order valence-corrected chi connectivity index (χ3v) is 5.67. The molecule has 28 heavy (non-hydrogen) atoms. The molecule has 0 aromatic heterocycles. The Morgan fingerprint density at radius 2 is 2.00 bits per heavy atom. The molecule has 1 heterocycles. The molecule has 0 radical (unpaired) electrons. The summed E-state index contributed by atoms with van der Waals surface area (Å²) in [7, 11) is 2.08. The molecule has 0 spiro atoms. The monoisotopic (exact) mass is 377 g/mol. The normalized spacial score (nSPS) is 18.1. The van der Waals surface area contributed by atoms with Gasteiger partial charge in [0.25, 0.3) is 0 Å². The van der Waals surface area contributed by atoms with Crippen LogP contribution < -0.4 is 10.2 Å². The summed E-state index contributed by atoms with van der Waals surface area (Å²) in [5.74, 6) is -0.893. The number of carboxylic acids is 1. The summed E-state index contributed by atoms with van der Waals surface area (Å²) >= 11 is 0. The topological polar surface area (TPSA) is 76.4 Å². The molecular weight excluding hydrogens is 350 g/mol. The van der Waals surface area contributed by atoms with Crippen molar-refractivity contribution in [3.05, 3.63) is 59.2 Å². The lowest BCUT2D eigenvalue weighted by Crippen LogP contribution is -2.40. The number of carbonyl (C=O) groups is 1. The molecule has 0 aliphatic carbocycles. The van der Waals surface area contributed by atoms with Gasteiger partial charge in [0.1, 0.15) is 5.54 Å². The van der Waals surface area contributed by atoms with Gasteiger partial charge in [0.15, 0.2) is 0 Å². The van der Waals surface area contributed by atoms with Crippen LogP contribution in [0.15, 0.2) is 42.5 Å². The molecule has 0 bridgehead atoms. The van der Waals surface area contributed by atoms with Crippen LogP contribution in [0.5, 0.6) is 0 Å². The second-order valence-electron chi connectivity index (χ2n) is 8.74. The largest absolute Gasteiger partial charge is 0.480 e. The number of nitriles is 1. The average molecular weight is 377 g/mol. The molecule has 0 saturated heterocycles. The molecule has 2 aromatic carbocycles.